The van der Waals surface area contributed by atoms with Crippen LogP contribution < -0.4 is 0 Å². The van der Waals surface area contributed by atoms with Crippen LogP contribution in [0.5, 0.6) is 0 Å². The highest BCUT2D eigenvalue weighted by Gasteiger charge is 2.33. The first-order valence-electron chi connectivity index (χ1n) is 9.64. The highest BCUT2D eigenvalue weighted by molar-refractivity contribution is 6.30. The summed E-state index contributed by atoms with van der Waals surface area (Å²) in [4.78, 5) is 0. The van der Waals surface area contributed by atoms with Gasteiger partial charge in [0, 0.05) is 0 Å². The molecule has 198 valence electrons. The number of hydrogen-bond acceptors (Lipinski definition) is 12. The first-order chi connectivity index (χ1) is 13.2. The van der Waals surface area contributed by atoms with Gasteiger partial charge in [-0.2, -0.15) is 0 Å². The Morgan fingerprint density at radius 1 is 0.281 bits per heavy atom. The summed E-state index contributed by atoms with van der Waals surface area (Å²) in [5.41, 5.74) is -6.04. The van der Waals surface area contributed by atoms with Crippen LogP contribution in [0.1, 0.15) is 83.1 Å². The van der Waals surface area contributed by atoms with Crippen LogP contribution in [0.2, 0.25) is 0 Å². The zero-order chi connectivity index (χ0) is 28.2. The van der Waals surface area contributed by atoms with Crippen molar-refractivity contribution in [3.8, 4) is 0 Å². The molecule has 0 atom stereocenters. The molecule has 32 heavy (non-hydrogen) atoms. The predicted molar refractivity (Wildman–Crippen MR) is 123 cm³/mol. The summed E-state index contributed by atoms with van der Waals surface area (Å²) in [7, 11) is -4.33. The topological polar surface area (TPSA) is 243 Å². The molecule has 12 N–H and O–H groups in total. The Hall–Kier alpha value is -0.350. The lowest BCUT2D eigenvalue weighted by Crippen LogP contribution is -2.44. The van der Waals surface area contributed by atoms with Gasteiger partial charge in [0.1, 0.15) is 0 Å². The van der Waals surface area contributed by atoms with Crippen molar-refractivity contribution in [3.05, 3.63) is 0 Å². The molecule has 0 heterocycles. The Kier molecular flexibility index (Phi) is 20.3. The molecule has 0 bridgehead atoms. The summed E-state index contributed by atoms with van der Waals surface area (Å²) in [5.74, 6) is 0. The molecule has 0 radical (unpaired) electrons. The zero-order valence-electron chi connectivity index (χ0n) is 21.5. The Bertz CT molecular complexity index is 327. The molecule has 12 nitrogen and oxygen atoms in total. The molecular weight excluding hydrogens is 430 g/mol. The second kappa shape index (κ2) is 15.5. The summed E-state index contributed by atoms with van der Waals surface area (Å²) in [5, 5.41) is 97.6. The van der Waals surface area contributed by atoms with Crippen LogP contribution in [0, 0.1) is 0 Å². The third-order valence-corrected chi connectivity index (χ3v) is 4.49. The van der Waals surface area contributed by atoms with Gasteiger partial charge in [0.05, 0.1) is 33.6 Å². The molecule has 0 aliphatic heterocycles. The normalized spacial score (nSPS) is 12.4. The monoisotopic (exact) mass is 478 g/mol. The van der Waals surface area contributed by atoms with Crippen LogP contribution >= 0.6 is 0 Å². The number of aliphatic hydroxyl groups is 6. The van der Waals surface area contributed by atoms with Gasteiger partial charge >= 0.3 is 14.6 Å². The lowest BCUT2D eigenvalue weighted by Gasteiger charge is -2.31. The third-order valence-electron chi connectivity index (χ3n) is 4.49. The van der Waals surface area contributed by atoms with Crippen LogP contribution in [0.25, 0.3) is 0 Å². The van der Waals surface area contributed by atoms with Gasteiger partial charge in [-0.1, -0.05) is 0 Å². The van der Waals surface area contributed by atoms with E-state index in [-0.39, 0.29) is 0 Å². The maximum absolute atomic E-state index is 9.10. The van der Waals surface area contributed by atoms with Crippen LogP contribution in [0.15, 0.2) is 0 Å². The van der Waals surface area contributed by atoms with Crippen LogP contribution in [0.4, 0.5) is 0 Å². The molecule has 0 rings (SSSR count). The Morgan fingerprint density at radius 3 is 0.312 bits per heavy atom. The fourth-order valence-electron chi connectivity index (χ4n) is 0. The molecule has 0 aromatic carbocycles. The van der Waals surface area contributed by atoms with Gasteiger partial charge in [0.2, 0.25) is 0 Å². The van der Waals surface area contributed by atoms with Crippen molar-refractivity contribution in [1.82, 2.24) is 0 Å². The minimum Gasteiger partial charge on any atom is -0.402 e. The second-order valence-corrected chi connectivity index (χ2v) is 10.0. The first kappa shape index (κ1) is 41.9. The van der Waals surface area contributed by atoms with E-state index in [0.717, 1.165) is 0 Å². The van der Waals surface area contributed by atoms with E-state index in [0.29, 0.717) is 0 Å². The first-order valence-corrected chi connectivity index (χ1v) is 9.64. The standard InChI is InChI=1S/3C6H14O2.2BH3O3/c3*1-5(2,7)6(3,4)8;2*2-1(3)4/h3*7-8H,1-4H3;2*2-4H. The molecule has 0 amide bonds. The molecule has 0 aliphatic rings. The number of rotatable bonds is 3. The molecule has 0 spiro atoms. The summed E-state index contributed by atoms with van der Waals surface area (Å²) < 4.78 is 0. The van der Waals surface area contributed by atoms with Crippen molar-refractivity contribution in [2.75, 3.05) is 0 Å². The number of hydrogen-bond donors (Lipinski definition) is 12. The smallest absolute Gasteiger partial charge is 0.402 e. The summed E-state index contributed by atoms with van der Waals surface area (Å²) >= 11 is 0. The van der Waals surface area contributed by atoms with E-state index in [1.807, 2.05) is 0 Å². The predicted octanol–water partition coefficient (Wildman–Crippen LogP) is -2.52. The van der Waals surface area contributed by atoms with Gasteiger partial charge in [-0.25, -0.2) is 0 Å². The van der Waals surface area contributed by atoms with Gasteiger partial charge in [0.25, 0.3) is 0 Å². The van der Waals surface area contributed by atoms with Crippen LogP contribution in [-0.4, -0.2) is 109 Å². The maximum Gasteiger partial charge on any atom is 0.631 e. The van der Waals surface area contributed by atoms with E-state index in [4.69, 9.17) is 60.8 Å². The fraction of sp³-hybridized carbons (Fsp3) is 1.00. The molecule has 0 fully saturated rings. The molecule has 0 saturated heterocycles. The average molecular weight is 478 g/mol. The van der Waals surface area contributed by atoms with Crippen LogP contribution in [0.3, 0.4) is 0 Å². The molecule has 0 aromatic heterocycles. The fourth-order valence-corrected chi connectivity index (χ4v) is 0. The highest BCUT2D eigenvalue weighted by Crippen LogP contribution is 2.20. The van der Waals surface area contributed by atoms with Gasteiger partial charge in [-0.3, -0.25) is 0 Å². The van der Waals surface area contributed by atoms with Crippen molar-refractivity contribution in [1.29, 1.82) is 0 Å². The van der Waals surface area contributed by atoms with Crippen molar-refractivity contribution in [2.24, 2.45) is 0 Å². The van der Waals surface area contributed by atoms with E-state index in [1.54, 1.807) is 83.1 Å². The van der Waals surface area contributed by atoms with E-state index < -0.39 is 48.2 Å². The van der Waals surface area contributed by atoms with Gasteiger partial charge in [0.15, 0.2) is 0 Å². The van der Waals surface area contributed by atoms with Crippen LogP contribution in [-0.2, 0) is 0 Å². The largest absolute Gasteiger partial charge is 0.631 e. The zero-order valence-corrected chi connectivity index (χ0v) is 21.5. The summed E-state index contributed by atoms with van der Waals surface area (Å²) in [6.07, 6.45) is 0. The lowest BCUT2D eigenvalue weighted by atomic mass is 9.90. The second-order valence-electron chi connectivity index (χ2n) is 10.0. The van der Waals surface area contributed by atoms with E-state index in [2.05, 4.69) is 0 Å². The van der Waals surface area contributed by atoms with Gasteiger partial charge in [-0.05, 0) is 83.1 Å². The van der Waals surface area contributed by atoms with Crippen molar-refractivity contribution in [2.45, 2.75) is 117 Å². The Balaban J connectivity index is -0.0000000980. The minimum absolute atomic E-state index is 1.01. The SMILES string of the molecule is CC(C)(O)C(C)(C)O.CC(C)(O)C(C)(C)O.CC(C)(O)C(C)(C)O.OB(O)O.OB(O)O. The quantitative estimate of drug-likeness (QED) is 0.188. The Morgan fingerprint density at radius 2 is 0.312 bits per heavy atom. The molecule has 0 aliphatic carbocycles. The summed E-state index contributed by atoms with van der Waals surface area (Å²) in [6, 6.07) is 0. The van der Waals surface area contributed by atoms with Crippen molar-refractivity contribution >= 4 is 14.6 Å². The van der Waals surface area contributed by atoms with E-state index >= 15 is 0 Å². The third kappa shape index (κ3) is 34.3. The summed E-state index contributed by atoms with van der Waals surface area (Å²) in [6.45, 7) is 18.9. The highest BCUT2D eigenvalue weighted by atomic mass is 16.5. The average Bonchev–Trinajstić information content (AvgIpc) is 2.30. The Labute approximate surface area is 192 Å². The molecular formula is C18H48B2O12. The van der Waals surface area contributed by atoms with Gasteiger partial charge < -0.3 is 60.8 Å². The van der Waals surface area contributed by atoms with E-state index in [9.17, 15) is 0 Å². The lowest BCUT2D eigenvalue weighted by molar-refractivity contribution is -0.107. The van der Waals surface area contributed by atoms with E-state index in [1.165, 1.54) is 0 Å². The maximum atomic E-state index is 9.10. The molecule has 0 unspecified atom stereocenters. The molecule has 0 saturated carbocycles. The minimum atomic E-state index is -2.17. The van der Waals surface area contributed by atoms with Gasteiger partial charge in [-0.15, -0.1) is 0 Å². The van der Waals surface area contributed by atoms with Crippen molar-refractivity contribution < 1.29 is 60.8 Å². The van der Waals surface area contributed by atoms with Crippen molar-refractivity contribution in [3.63, 3.8) is 0 Å². The molecule has 14 heteroatoms. The molecule has 0 aromatic rings.